The van der Waals surface area contributed by atoms with Crippen LogP contribution in [-0.4, -0.2) is 34.4 Å². The van der Waals surface area contributed by atoms with Crippen molar-refractivity contribution >= 4 is 7.82 Å². The molecule has 0 bridgehead atoms. The van der Waals surface area contributed by atoms with Crippen LogP contribution in [0.25, 0.3) is 0 Å². The van der Waals surface area contributed by atoms with Gasteiger partial charge in [0.2, 0.25) is 0 Å². The van der Waals surface area contributed by atoms with E-state index in [1.54, 1.807) is 0 Å². The van der Waals surface area contributed by atoms with E-state index in [4.69, 9.17) is 15.1 Å². The molecule has 8 heteroatoms. The molecule has 0 fully saturated rings. The maximum Gasteiger partial charge on any atom is 1.00 e. The molecule has 0 radical (unpaired) electrons. The largest absolute Gasteiger partial charge is 1.00 e. The molecule has 62 valence electrons. The molecule has 0 saturated carbocycles. The molecular formula is C3H8KO6P. The maximum atomic E-state index is 9.82. The van der Waals surface area contributed by atoms with Crippen molar-refractivity contribution in [2.75, 3.05) is 13.2 Å². The summed E-state index contributed by atoms with van der Waals surface area (Å²) < 4.78 is 13.5. The first kappa shape index (κ1) is 15.2. The summed E-state index contributed by atoms with van der Waals surface area (Å²) in [4.78, 5) is 17.8. The third-order valence-corrected chi connectivity index (χ3v) is 1.12. The van der Waals surface area contributed by atoms with Crippen LogP contribution < -0.4 is 56.3 Å². The van der Waals surface area contributed by atoms with Crippen LogP contribution in [0.3, 0.4) is 0 Å². The Kier molecular flexibility index (Phi) is 9.79. The van der Waals surface area contributed by atoms with Crippen molar-refractivity contribution in [1.29, 1.82) is 0 Å². The Morgan fingerprint density at radius 3 is 2.36 bits per heavy atom. The molecule has 0 aromatic rings. The minimum absolute atomic E-state index is 0. The molecule has 0 aliphatic rings. The Hall–Kier alpha value is 1.67. The average molecular weight is 210 g/mol. The fourth-order valence-electron chi connectivity index (χ4n) is 0.233. The van der Waals surface area contributed by atoms with Crippen LogP contribution in [0.1, 0.15) is 0 Å². The third kappa shape index (κ3) is 11.7. The summed E-state index contributed by atoms with van der Waals surface area (Å²) in [6.45, 7) is -1.24. The number of aliphatic hydroxyl groups excluding tert-OH is 2. The molecule has 0 spiro atoms. The first-order valence-electron chi connectivity index (χ1n) is 2.43. The van der Waals surface area contributed by atoms with Crippen LogP contribution in [0.5, 0.6) is 0 Å². The predicted octanol–water partition coefficient (Wildman–Crippen LogP) is -5.18. The predicted molar refractivity (Wildman–Crippen MR) is 28.9 cm³/mol. The van der Waals surface area contributed by atoms with Gasteiger partial charge in [-0.3, -0.25) is 4.57 Å². The van der Waals surface area contributed by atoms with Gasteiger partial charge in [-0.15, -0.1) is 0 Å². The molecule has 0 heterocycles. The molecule has 2 atom stereocenters. The van der Waals surface area contributed by atoms with E-state index < -0.39 is 27.1 Å². The molecule has 6 nitrogen and oxygen atoms in total. The normalized spacial score (nSPS) is 18.2. The van der Waals surface area contributed by atoms with Gasteiger partial charge in [-0.05, 0) is 0 Å². The van der Waals surface area contributed by atoms with Crippen molar-refractivity contribution in [2.45, 2.75) is 6.10 Å². The van der Waals surface area contributed by atoms with Crippen molar-refractivity contribution in [3.8, 4) is 0 Å². The van der Waals surface area contributed by atoms with Gasteiger partial charge in [0.15, 0.2) is 0 Å². The van der Waals surface area contributed by atoms with Gasteiger partial charge in [-0.1, -0.05) is 0 Å². The monoisotopic (exact) mass is 210 g/mol. The Bertz CT molecular complexity index is 134. The van der Waals surface area contributed by atoms with E-state index in [1.807, 2.05) is 0 Å². The van der Waals surface area contributed by atoms with E-state index in [9.17, 15) is 9.46 Å². The summed E-state index contributed by atoms with van der Waals surface area (Å²) in [7, 11) is -4.75. The zero-order valence-corrected chi connectivity index (χ0v) is 10.0. The second kappa shape index (κ2) is 7.11. The standard InChI is InChI=1S/C3H9O6P.K/c4-1-3(5)2-9-10(6,7)8;/h3-5H,1-2H2,(H2,6,7,8);/q;+1/p-1. The summed E-state index contributed by atoms with van der Waals surface area (Å²) in [6, 6.07) is 0. The second-order valence-electron chi connectivity index (χ2n) is 1.60. The van der Waals surface area contributed by atoms with Gasteiger partial charge in [0.1, 0.15) is 6.10 Å². The van der Waals surface area contributed by atoms with Crippen LogP contribution in [0.4, 0.5) is 0 Å². The Balaban J connectivity index is 0. The summed E-state index contributed by atoms with van der Waals surface area (Å²) in [5, 5.41) is 16.6. The van der Waals surface area contributed by atoms with Crippen molar-refractivity contribution in [2.24, 2.45) is 0 Å². The fraction of sp³-hybridized carbons (Fsp3) is 1.00. The number of hydrogen-bond acceptors (Lipinski definition) is 5. The Labute approximate surface area is 106 Å². The molecule has 0 amide bonds. The van der Waals surface area contributed by atoms with Gasteiger partial charge in [-0.25, -0.2) is 0 Å². The van der Waals surface area contributed by atoms with Crippen LogP contribution in [0.2, 0.25) is 0 Å². The van der Waals surface area contributed by atoms with Gasteiger partial charge in [0, 0.05) is 0 Å². The molecule has 0 saturated heterocycles. The number of phosphoric ester groups is 1. The topological polar surface area (TPSA) is 110 Å². The Morgan fingerprint density at radius 2 is 2.09 bits per heavy atom. The summed E-state index contributed by atoms with van der Waals surface area (Å²) in [6.07, 6.45) is -1.28. The summed E-state index contributed by atoms with van der Waals surface area (Å²) >= 11 is 0. The summed E-state index contributed by atoms with van der Waals surface area (Å²) in [5.41, 5.74) is 0. The molecule has 11 heavy (non-hydrogen) atoms. The van der Waals surface area contributed by atoms with Gasteiger partial charge in [-0.2, -0.15) is 0 Å². The Morgan fingerprint density at radius 1 is 1.64 bits per heavy atom. The van der Waals surface area contributed by atoms with E-state index in [0.29, 0.717) is 0 Å². The van der Waals surface area contributed by atoms with Crippen molar-refractivity contribution in [3.05, 3.63) is 0 Å². The van der Waals surface area contributed by atoms with Gasteiger partial charge in [0.25, 0.3) is 7.82 Å². The quantitative estimate of drug-likeness (QED) is 0.316. The minimum atomic E-state index is -4.75. The van der Waals surface area contributed by atoms with Crippen molar-refractivity contribution in [3.63, 3.8) is 0 Å². The van der Waals surface area contributed by atoms with Gasteiger partial charge in [0.05, 0.1) is 13.2 Å². The number of phosphoric acid groups is 1. The molecule has 2 unspecified atom stereocenters. The summed E-state index contributed by atoms with van der Waals surface area (Å²) in [5.74, 6) is 0. The SMILES string of the molecule is O=P([O-])(O)OCC(O)CO.[K+]. The van der Waals surface area contributed by atoms with Crippen molar-refractivity contribution in [1.82, 2.24) is 0 Å². The van der Waals surface area contributed by atoms with E-state index >= 15 is 0 Å². The van der Waals surface area contributed by atoms with Crippen LogP contribution in [0.15, 0.2) is 0 Å². The average Bonchev–Trinajstić information content (AvgIpc) is 1.81. The minimum Gasteiger partial charge on any atom is -0.756 e. The smallest absolute Gasteiger partial charge is 0.756 e. The van der Waals surface area contributed by atoms with Crippen LogP contribution in [0, 0.1) is 0 Å². The molecule has 0 aliphatic heterocycles. The molecular weight excluding hydrogens is 202 g/mol. The molecule has 0 aromatic heterocycles. The van der Waals surface area contributed by atoms with Crippen LogP contribution in [-0.2, 0) is 9.09 Å². The fourth-order valence-corrected chi connectivity index (χ4v) is 0.593. The van der Waals surface area contributed by atoms with Crippen molar-refractivity contribution < 1.29 is 80.5 Å². The first-order valence-corrected chi connectivity index (χ1v) is 3.92. The number of aliphatic hydroxyl groups is 2. The molecule has 0 aliphatic carbocycles. The van der Waals surface area contributed by atoms with E-state index in [2.05, 4.69) is 4.52 Å². The van der Waals surface area contributed by atoms with E-state index in [1.165, 1.54) is 0 Å². The van der Waals surface area contributed by atoms with Gasteiger partial charge >= 0.3 is 51.4 Å². The van der Waals surface area contributed by atoms with E-state index in [-0.39, 0.29) is 51.4 Å². The zero-order chi connectivity index (χ0) is 8.20. The van der Waals surface area contributed by atoms with Gasteiger partial charge < -0.3 is 24.5 Å². The van der Waals surface area contributed by atoms with Crippen LogP contribution >= 0.6 is 7.82 Å². The third-order valence-electron chi connectivity index (χ3n) is 0.641. The first-order chi connectivity index (χ1) is 4.45. The zero-order valence-electron chi connectivity index (χ0n) is 6.01. The molecule has 0 rings (SSSR count). The molecule has 3 N–H and O–H groups in total. The molecule has 0 aromatic carbocycles. The number of rotatable bonds is 4. The van der Waals surface area contributed by atoms with E-state index in [0.717, 1.165) is 0 Å². The second-order valence-corrected chi connectivity index (χ2v) is 2.80. The maximum absolute atomic E-state index is 9.82. The number of hydrogen-bond donors (Lipinski definition) is 3.